The molecule has 0 bridgehead atoms. The van der Waals surface area contributed by atoms with Gasteiger partial charge in [-0.05, 0) is 38.5 Å². The summed E-state index contributed by atoms with van der Waals surface area (Å²) in [6, 6.07) is -1.17. The molecule has 11 nitrogen and oxygen atoms in total. The molecule has 410 valence electrons. The lowest BCUT2D eigenvalue weighted by Crippen LogP contribution is -2.60. The van der Waals surface area contributed by atoms with E-state index in [1.807, 2.05) is 0 Å². The molecule has 8 N–H and O–H groups in total. The van der Waals surface area contributed by atoms with E-state index in [1.54, 1.807) is 0 Å². The normalized spacial score (nSPS) is 20.4. The van der Waals surface area contributed by atoms with Gasteiger partial charge in [-0.15, -0.1) is 0 Å². The highest BCUT2D eigenvalue weighted by Crippen LogP contribution is 2.24. The van der Waals surface area contributed by atoms with E-state index in [4.69, 9.17) is 9.47 Å². The first-order chi connectivity index (χ1) is 33.7. The average molecular weight is 985 g/mol. The number of nitrogens with one attached hydrogen (secondary N) is 1. The van der Waals surface area contributed by atoms with E-state index in [0.717, 1.165) is 51.4 Å². The molecule has 1 saturated heterocycles. The van der Waals surface area contributed by atoms with E-state index in [0.29, 0.717) is 19.3 Å². The van der Waals surface area contributed by atoms with Crippen molar-refractivity contribution in [2.24, 2.45) is 0 Å². The quantitative estimate of drug-likeness (QED) is 0.0215. The van der Waals surface area contributed by atoms with Crippen LogP contribution >= 0.6 is 0 Å². The Balaban J connectivity index is 2.27. The molecule has 69 heavy (non-hydrogen) atoms. The van der Waals surface area contributed by atoms with Crippen molar-refractivity contribution in [3.63, 3.8) is 0 Å². The summed E-state index contributed by atoms with van der Waals surface area (Å²) in [5, 5.41) is 76.2. The molecule has 0 aromatic rings. The molecule has 11 heteroatoms. The van der Waals surface area contributed by atoms with E-state index in [2.05, 4.69) is 31.3 Å². The summed E-state index contributed by atoms with van der Waals surface area (Å²) >= 11 is 0. The minimum absolute atomic E-state index is 0.255. The van der Waals surface area contributed by atoms with E-state index >= 15 is 0 Å². The number of rotatable bonds is 51. The van der Waals surface area contributed by atoms with Crippen LogP contribution in [-0.4, -0.2) is 110 Å². The van der Waals surface area contributed by atoms with Crippen molar-refractivity contribution >= 4 is 5.91 Å². The van der Waals surface area contributed by atoms with Crippen LogP contribution in [0.4, 0.5) is 0 Å². The predicted molar refractivity (Wildman–Crippen MR) is 284 cm³/mol. The lowest BCUT2D eigenvalue weighted by atomic mass is 9.98. The monoisotopic (exact) mass is 984 g/mol. The van der Waals surface area contributed by atoms with Gasteiger partial charge >= 0.3 is 0 Å². The second-order valence-corrected chi connectivity index (χ2v) is 21.1. The lowest BCUT2D eigenvalue weighted by molar-refractivity contribution is -0.303. The summed E-state index contributed by atoms with van der Waals surface area (Å²) < 4.78 is 11.1. The van der Waals surface area contributed by atoms with Gasteiger partial charge < -0.3 is 50.5 Å². The van der Waals surface area contributed by atoms with Gasteiger partial charge in [0.2, 0.25) is 5.91 Å². The molecule has 1 fully saturated rings. The number of aliphatic hydroxyl groups is 7. The van der Waals surface area contributed by atoms with Gasteiger partial charge in [0.25, 0.3) is 0 Å². The van der Waals surface area contributed by atoms with Crippen molar-refractivity contribution < 1.29 is 50.0 Å². The summed E-state index contributed by atoms with van der Waals surface area (Å²) in [6.45, 7) is 3.48. The Morgan fingerprint density at radius 1 is 0.493 bits per heavy atom. The van der Waals surface area contributed by atoms with Crippen molar-refractivity contribution in [2.45, 2.75) is 339 Å². The molecule has 0 spiro atoms. The fourth-order valence-electron chi connectivity index (χ4n) is 9.73. The fraction of sp³-hybridized carbons (Fsp3) is 0.948. The van der Waals surface area contributed by atoms with Crippen molar-refractivity contribution in [1.29, 1.82) is 0 Å². The second kappa shape index (κ2) is 47.8. The highest BCUT2D eigenvalue weighted by Gasteiger charge is 2.44. The lowest BCUT2D eigenvalue weighted by Gasteiger charge is -2.40. The van der Waals surface area contributed by atoms with E-state index < -0.39 is 74.2 Å². The molecule has 0 aliphatic carbocycles. The van der Waals surface area contributed by atoms with Crippen LogP contribution in [0.5, 0.6) is 0 Å². The number of amides is 1. The molecule has 1 amide bonds. The first-order valence-corrected chi connectivity index (χ1v) is 29.6. The van der Waals surface area contributed by atoms with Crippen LogP contribution in [0.3, 0.4) is 0 Å². The van der Waals surface area contributed by atoms with Crippen LogP contribution in [0.25, 0.3) is 0 Å². The van der Waals surface area contributed by atoms with Crippen LogP contribution in [0.2, 0.25) is 0 Å². The molecule has 0 aromatic heterocycles. The van der Waals surface area contributed by atoms with Crippen LogP contribution in [-0.2, 0) is 14.3 Å². The molecule has 9 atom stereocenters. The molecule has 1 heterocycles. The Morgan fingerprint density at radius 2 is 0.841 bits per heavy atom. The van der Waals surface area contributed by atoms with Crippen molar-refractivity contribution in [3.05, 3.63) is 12.2 Å². The van der Waals surface area contributed by atoms with Crippen molar-refractivity contribution in [3.8, 4) is 0 Å². The first-order valence-electron chi connectivity index (χ1n) is 29.6. The topological polar surface area (TPSA) is 189 Å². The highest BCUT2D eigenvalue weighted by atomic mass is 16.7. The number of carbonyl (C=O) groups excluding carboxylic acids is 1. The summed E-state index contributed by atoms with van der Waals surface area (Å²) in [5.41, 5.74) is 0. The van der Waals surface area contributed by atoms with Crippen LogP contribution in [0.1, 0.15) is 284 Å². The largest absolute Gasteiger partial charge is 0.394 e. The minimum atomic E-state index is -1.66. The molecular formula is C58H113NO10. The summed E-state index contributed by atoms with van der Waals surface area (Å²) in [4.78, 5) is 13.2. The van der Waals surface area contributed by atoms with Crippen molar-refractivity contribution in [2.75, 3.05) is 13.2 Å². The number of hydrogen-bond donors (Lipinski definition) is 8. The van der Waals surface area contributed by atoms with Gasteiger partial charge in [-0.1, -0.05) is 257 Å². The SMILES string of the molecule is CCCCCCCC/C=C\CCCCCCCCC(O)C(=O)NC(COC1OC(CO)C(O)C(O)C1O)C(O)C(O)CCCCCCCCCCCCCCCCCCCCCCCCCCCC. The average Bonchev–Trinajstić information content (AvgIpc) is 3.35. The van der Waals surface area contributed by atoms with Crippen LogP contribution in [0, 0.1) is 0 Å². The maximum absolute atomic E-state index is 13.2. The van der Waals surface area contributed by atoms with Gasteiger partial charge in [0.15, 0.2) is 6.29 Å². The number of unbranched alkanes of at least 4 members (excludes halogenated alkanes) is 37. The molecule has 9 unspecified atom stereocenters. The van der Waals surface area contributed by atoms with E-state index in [-0.39, 0.29) is 6.42 Å². The van der Waals surface area contributed by atoms with Gasteiger partial charge in [0.05, 0.1) is 25.4 Å². The van der Waals surface area contributed by atoms with Gasteiger partial charge in [-0.25, -0.2) is 0 Å². The first kappa shape index (κ1) is 65.9. The highest BCUT2D eigenvalue weighted by molar-refractivity contribution is 5.80. The number of ether oxygens (including phenoxy) is 2. The second-order valence-electron chi connectivity index (χ2n) is 21.1. The van der Waals surface area contributed by atoms with E-state index in [9.17, 15) is 40.5 Å². The summed E-state index contributed by atoms with van der Waals surface area (Å²) in [6.07, 6.45) is 44.1. The number of hydrogen-bond acceptors (Lipinski definition) is 10. The molecule has 0 saturated carbocycles. The fourth-order valence-corrected chi connectivity index (χ4v) is 9.73. The summed E-state index contributed by atoms with van der Waals surface area (Å²) in [5.74, 6) is -0.698. The standard InChI is InChI=1S/C58H113NO10/c1-3-5-7-9-11-13-15-17-19-21-22-23-24-25-26-27-28-29-30-32-33-35-37-39-41-43-45-50(61)53(63)49(48-68-58-56(66)55(65)54(64)52(47-60)69-58)59-57(67)51(62)46-44-42-40-38-36-34-31-20-18-16-14-12-10-8-6-4-2/h18,20,49-56,58,60-66H,3-17,19,21-48H2,1-2H3,(H,59,67)/b20-18-. The van der Waals surface area contributed by atoms with E-state index in [1.165, 1.54) is 193 Å². The van der Waals surface area contributed by atoms with Gasteiger partial charge in [-0.3, -0.25) is 4.79 Å². The maximum atomic E-state index is 13.2. The molecule has 1 aliphatic rings. The Labute approximate surface area is 423 Å². The minimum Gasteiger partial charge on any atom is -0.394 e. The van der Waals surface area contributed by atoms with Gasteiger partial charge in [0.1, 0.15) is 36.6 Å². The smallest absolute Gasteiger partial charge is 0.249 e. The molecule has 1 rings (SSSR count). The Morgan fingerprint density at radius 3 is 1.22 bits per heavy atom. The zero-order valence-electron chi connectivity index (χ0n) is 44.8. The van der Waals surface area contributed by atoms with Crippen LogP contribution < -0.4 is 5.32 Å². The number of allylic oxidation sites excluding steroid dienone is 2. The van der Waals surface area contributed by atoms with Crippen molar-refractivity contribution in [1.82, 2.24) is 5.32 Å². The Kier molecular flexibility index (Phi) is 45.7. The molecule has 0 radical (unpaired) electrons. The Hall–Kier alpha value is -1.15. The third-order valence-corrected chi connectivity index (χ3v) is 14.6. The summed E-state index contributed by atoms with van der Waals surface area (Å²) in [7, 11) is 0. The number of carbonyl (C=O) groups is 1. The van der Waals surface area contributed by atoms with Gasteiger partial charge in [-0.2, -0.15) is 0 Å². The molecular weight excluding hydrogens is 871 g/mol. The van der Waals surface area contributed by atoms with Crippen LogP contribution in [0.15, 0.2) is 12.2 Å². The zero-order chi connectivity index (χ0) is 50.4. The third kappa shape index (κ3) is 36.4. The maximum Gasteiger partial charge on any atom is 0.249 e. The molecule has 1 aliphatic heterocycles. The molecule has 0 aromatic carbocycles. The predicted octanol–water partition coefficient (Wildman–Crippen LogP) is 12.4. The Bertz CT molecular complexity index is 1130. The zero-order valence-corrected chi connectivity index (χ0v) is 44.8. The van der Waals surface area contributed by atoms with Gasteiger partial charge in [0, 0.05) is 0 Å². The number of aliphatic hydroxyl groups excluding tert-OH is 7. The third-order valence-electron chi connectivity index (χ3n) is 14.6.